The van der Waals surface area contributed by atoms with Crippen molar-refractivity contribution in [3.05, 3.63) is 29.8 Å². The van der Waals surface area contributed by atoms with Crippen molar-refractivity contribution < 1.29 is 14.7 Å². The maximum Gasteiger partial charge on any atom is 0.254 e. The zero-order chi connectivity index (χ0) is 15.4. The molecule has 21 heavy (non-hydrogen) atoms. The van der Waals surface area contributed by atoms with Crippen LogP contribution in [0.4, 0.5) is 5.69 Å². The van der Waals surface area contributed by atoms with Gasteiger partial charge in [-0.05, 0) is 37.1 Å². The van der Waals surface area contributed by atoms with E-state index in [-0.39, 0.29) is 30.4 Å². The number of benzene rings is 1. The second kappa shape index (κ2) is 6.72. The summed E-state index contributed by atoms with van der Waals surface area (Å²) in [4.78, 5) is 25.7. The number of likely N-dealkylation sites (tertiary alicyclic amines) is 1. The highest BCUT2D eigenvalue weighted by molar-refractivity contribution is 5.96. The van der Waals surface area contributed by atoms with Crippen LogP contribution < -0.4 is 5.32 Å². The molecule has 1 aromatic rings. The van der Waals surface area contributed by atoms with Crippen LogP contribution in [0.1, 0.15) is 37.0 Å². The Labute approximate surface area is 125 Å². The number of nitrogens with zero attached hydrogens (tertiary/aromatic N) is 1. The summed E-state index contributed by atoms with van der Waals surface area (Å²) in [6.07, 6.45) is 1.78. The molecule has 1 saturated heterocycles. The summed E-state index contributed by atoms with van der Waals surface area (Å²) >= 11 is 0. The SMILES string of the molecule is CC(C)C(=O)Nc1ccc(C(=O)N2CCCC2CO)cc1. The smallest absolute Gasteiger partial charge is 0.254 e. The van der Waals surface area contributed by atoms with Crippen LogP contribution in [0, 0.1) is 5.92 Å². The van der Waals surface area contributed by atoms with E-state index in [1.807, 2.05) is 13.8 Å². The quantitative estimate of drug-likeness (QED) is 0.889. The summed E-state index contributed by atoms with van der Waals surface area (Å²) in [5.41, 5.74) is 1.27. The monoisotopic (exact) mass is 290 g/mol. The Hall–Kier alpha value is -1.88. The van der Waals surface area contributed by atoms with Gasteiger partial charge in [0.2, 0.25) is 5.91 Å². The third-order valence-corrected chi connectivity index (χ3v) is 3.77. The van der Waals surface area contributed by atoms with E-state index in [4.69, 9.17) is 0 Å². The fourth-order valence-electron chi connectivity index (χ4n) is 2.44. The third-order valence-electron chi connectivity index (χ3n) is 3.77. The van der Waals surface area contributed by atoms with E-state index in [0.717, 1.165) is 12.8 Å². The van der Waals surface area contributed by atoms with Gasteiger partial charge in [-0.3, -0.25) is 9.59 Å². The van der Waals surface area contributed by atoms with Gasteiger partial charge in [0.1, 0.15) is 0 Å². The maximum atomic E-state index is 12.4. The molecular formula is C16H22N2O3. The van der Waals surface area contributed by atoms with E-state index in [0.29, 0.717) is 17.8 Å². The summed E-state index contributed by atoms with van der Waals surface area (Å²) in [6, 6.07) is 6.82. The summed E-state index contributed by atoms with van der Waals surface area (Å²) in [6.45, 7) is 4.36. The van der Waals surface area contributed by atoms with Crippen LogP contribution in [-0.2, 0) is 4.79 Å². The molecule has 1 fully saturated rings. The van der Waals surface area contributed by atoms with E-state index in [2.05, 4.69) is 5.32 Å². The van der Waals surface area contributed by atoms with Crippen LogP contribution in [0.25, 0.3) is 0 Å². The number of carbonyl (C=O) groups excluding carboxylic acids is 2. The Kier molecular flexibility index (Phi) is 4.96. The summed E-state index contributed by atoms with van der Waals surface area (Å²) in [5, 5.41) is 12.1. The number of aliphatic hydroxyl groups is 1. The molecule has 0 aromatic heterocycles. The van der Waals surface area contributed by atoms with Gasteiger partial charge >= 0.3 is 0 Å². The van der Waals surface area contributed by atoms with Crippen LogP contribution in [0.2, 0.25) is 0 Å². The first kappa shape index (κ1) is 15.5. The van der Waals surface area contributed by atoms with Gasteiger partial charge in [0.15, 0.2) is 0 Å². The molecule has 5 heteroatoms. The molecular weight excluding hydrogens is 268 g/mol. The second-order valence-corrected chi connectivity index (χ2v) is 5.70. The van der Waals surface area contributed by atoms with Crippen LogP contribution in [0.15, 0.2) is 24.3 Å². The van der Waals surface area contributed by atoms with Gasteiger partial charge in [-0.15, -0.1) is 0 Å². The molecule has 1 unspecified atom stereocenters. The lowest BCUT2D eigenvalue weighted by atomic mass is 10.1. The van der Waals surface area contributed by atoms with Gasteiger partial charge < -0.3 is 15.3 Å². The molecule has 1 aliphatic rings. The molecule has 0 spiro atoms. The summed E-state index contributed by atoms with van der Waals surface area (Å²) < 4.78 is 0. The minimum absolute atomic E-state index is 0.00820. The molecule has 1 heterocycles. The fourth-order valence-corrected chi connectivity index (χ4v) is 2.44. The second-order valence-electron chi connectivity index (χ2n) is 5.70. The fraction of sp³-hybridized carbons (Fsp3) is 0.500. The molecule has 5 nitrogen and oxygen atoms in total. The minimum Gasteiger partial charge on any atom is -0.394 e. The zero-order valence-electron chi connectivity index (χ0n) is 12.5. The van der Waals surface area contributed by atoms with E-state index in [9.17, 15) is 14.7 Å². The van der Waals surface area contributed by atoms with Crippen LogP contribution >= 0.6 is 0 Å². The highest BCUT2D eigenvalue weighted by Crippen LogP contribution is 2.20. The molecule has 114 valence electrons. The number of hydrogen-bond acceptors (Lipinski definition) is 3. The van der Waals surface area contributed by atoms with Crippen LogP contribution in [-0.4, -0.2) is 41.0 Å². The molecule has 0 aliphatic carbocycles. The van der Waals surface area contributed by atoms with Gasteiger partial charge in [-0.2, -0.15) is 0 Å². The predicted octanol–water partition coefficient (Wildman–Crippen LogP) is 1.88. The molecule has 0 radical (unpaired) electrons. The number of hydrogen-bond donors (Lipinski definition) is 2. The van der Waals surface area contributed by atoms with Crippen molar-refractivity contribution in [1.82, 2.24) is 4.90 Å². The largest absolute Gasteiger partial charge is 0.394 e. The molecule has 0 bridgehead atoms. The lowest BCUT2D eigenvalue weighted by Crippen LogP contribution is -2.37. The Morgan fingerprint density at radius 3 is 2.57 bits per heavy atom. The molecule has 0 saturated carbocycles. The zero-order valence-corrected chi connectivity index (χ0v) is 12.5. The molecule has 1 aromatic carbocycles. The normalized spacial score (nSPS) is 18.1. The van der Waals surface area contributed by atoms with Gasteiger partial charge in [0, 0.05) is 23.7 Å². The van der Waals surface area contributed by atoms with Crippen LogP contribution in [0.5, 0.6) is 0 Å². The molecule has 2 N–H and O–H groups in total. The average Bonchev–Trinajstić information content (AvgIpc) is 2.95. The number of carbonyl (C=O) groups is 2. The average molecular weight is 290 g/mol. The lowest BCUT2D eigenvalue weighted by molar-refractivity contribution is -0.118. The Morgan fingerprint density at radius 1 is 1.33 bits per heavy atom. The van der Waals surface area contributed by atoms with Crippen molar-refractivity contribution in [1.29, 1.82) is 0 Å². The van der Waals surface area contributed by atoms with Gasteiger partial charge in [-0.1, -0.05) is 13.8 Å². The van der Waals surface area contributed by atoms with Crippen molar-refractivity contribution in [2.45, 2.75) is 32.7 Å². The summed E-state index contributed by atoms with van der Waals surface area (Å²) in [5.74, 6) is -0.191. The summed E-state index contributed by atoms with van der Waals surface area (Å²) in [7, 11) is 0. The first-order valence-corrected chi connectivity index (χ1v) is 7.35. The number of nitrogens with one attached hydrogen (secondary N) is 1. The number of anilines is 1. The third kappa shape index (κ3) is 3.61. The Bertz CT molecular complexity index is 511. The number of amides is 2. The number of rotatable bonds is 4. The van der Waals surface area contributed by atoms with Gasteiger partial charge in [0.05, 0.1) is 12.6 Å². The Morgan fingerprint density at radius 2 is 2.00 bits per heavy atom. The van der Waals surface area contributed by atoms with Crippen molar-refractivity contribution in [2.24, 2.45) is 5.92 Å². The first-order chi connectivity index (χ1) is 10.0. The molecule has 1 aliphatic heterocycles. The first-order valence-electron chi connectivity index (χ1n) is 7.35. The van der Waals surface area contributed by atoms with Crippen molar-refractivity contribution >= 4 is 17.5 Å². The van der Waals surface area contributed by atoms with Crippen molar-refractivity contribution in [3.8, 4) is 0 Å². The Balaban J connectivity index is 2.05. The number of aliphatic hydroxyl groups excluding tert-OH is 1. The van der Waals surface area contributed by atoms with E-state index >= 15 is 0 Å². The highest BCUT2D eigenvalue weighted by Gasteiger charge is 2.28. The minimum atomic E-state index is -0.0822. The maximum absolute atomic E-state index is 12.4. The molecule has 2 amide bonds. The van der Waals surface area contributed by atoms with Gasteiger partial charge in [-0.25, -0.2) is 0 Å². The van der Waals surface area contributed by atoms with E-state index in [1.54, 1.807) is 29.2 Å². The standard InChI is InChI=1S/C16H22N2O3/c1-11(2)15(20)17-13-7-5-12(6-8-13)16(21)18-9-3-4-14(18)10-19/h5-8,11,14,19H,3-4,9-10H2,1-2H3,(H,17,20). The van der Waals surface area contributed by atoms with E-state index in [1.165, 1.54) is 0 Å². The molecule has 2 rings (SSSR count). The van der Waals surface area contributed by atoms with Gasteiger partial charge in [0.25, 0.3) is 5.91 Å². The van der Waals surface area contributed by atoms with Crippen molar-refractivity contribution in [2.75, 3.05) is 18.5 Å². The lowest BCUT2D eigenvalue weighted by Gasteiger charge is -2.23. The van der Waals surface area contributed by atoms with E-state index < -0.39 is 0 Å². The van der Waals surface area contributed by atoms with Crippen molar-refractivity contribution in [3.63, 3.8) is 0 Å². The van der Waals surface area contributed by atoms with Crippen LogP contribution in [0.3, 0.4) is 0 Å². The predicted molar refractivity (Wildman–Crippen MR) is 81.1 cm³/mol. The highest BCUT2D eigenvalue weighted by atomic mass is 16.3. The topological polar surface area (TPSA) is 69.6 Å². The molecule has 1 atom stereocenters.